The molecular weight excluding hydrogens is 379 g/mol. The molecule has 0 aliphatic carbocycles. The molecule has 0 saturated carbocycles. The van der Waals surface area contributed by atoms with Gasteiger partial charge < -0.3 is 4.98 Å². The van der Waals surface area contributed by atoms with Crippen LogP contribution in [0.25, 0.3) is 0 Å². The van der Waals surface area contributed by atoms with Gasteiger partial charge in [0.1, 0.15) is 10.5 Å². The molecule has 0 atom stereocenters. The maximum atomic E-state index is 6.19. The first-order chi connectivity index (χ1) is 9.38. The van der Waals surface area contributed by atoms with Crippen molar-refractivity contribution in [3.8, 4) is 0 Å². The average molecular weight is 392 g/mol. The molecule has 0 amide bonds. The predicted octanol–water partition coefficient (Wildman–Crippen LogP) is 5.92. The zero-order valence-electron chi connectivity index (χ0n) is 11.0. The summed E-state index contributed by atoms with van der Waals surface area (Å²) < 4.78 is 1.42. The molecule has 2 nitrogen and oxygen atoms in total. The Bertz CT molecular complexity index is 698. The highest BCUT2D eigenvalue weighted by atomic mass is 79.9. The van der Waals surface area contributed by atoms with E-state index in [0.717, 1.165) is 21.6 Å². The van der Waals surface area contributed by atoms with Gasteiger partial charge in [-0.25, -0.2) is 4.98 Å². The molecule has 6 heteroatoms. The molecule has 0 bridgehead atoms. The molecule has 0 aliphatic rings. The molecule has 2 rings (SSSR count). The summed E-state index contributed by atoms with van der Waals surface area (Å²) in [6.07, 6.45) is 0.590. The second-order valence-corrected chi connectivity index (χ2v) is 6.81. The number of benzene rings is 1. The van der Waals surface area contributed by atoms with E-state index < -0.39 is 0 Å². The molecule has 0 unspecified atom stereocenters. The van der Waals surface area contributed by atoms with E-state index in [-0.39, 0.29) is 0 Å². The largest absolute Gasteiger partial charge is 0.346 e. The highest BCUT2D eigenvalue weighted by Gasteiger charge is 2.11. The summed E-state index contributed by atoms with van der Waals surface area (Å²) >= 11 is 20.9. The van der Waals surface area contributed by atoms with Crippen LogP contribution in [0.15, 0.2) is 22.7 Å². The maximum Gasteiger partial charge on any atom is 0.144 e. The van der Waals surface area contributed by atoms with Gasteiger partial charge in [0.25, 0.3) is 0 Å². The average Bonchev–Trinajstić information content (AvgIpc) is 2.36. The number of nitrogens with zero attached hydrogens (tertiary/aromatic N) is 1. The molecule has 0 fully saturated rings. The van der Waals surface area contributed by atoms with Crippen molar-refractivity contribution in [2.75, 3.05) is 0 Å². The summed E-state index contributed by atoms with van der Waals surface area (Å²) in [5, 5.41) is 1.26. The Kier molecular flexibility index (Phi) is 5.24. The SMILES string of the molecule is CC(C)c1[nH]c(Cc2ccc(Cl)cc2Cl)nc(=S)c1Br. The minimum atomic E-state index is 0.327. The Morgan fingerprint density at radius 3 is 2.65 bits per heavy atom. The van der Waals surface area contributed by atoms with Crippen LogP contribution in [0.5, 0.6) is 0 Å². The van der Waals surface area contributed by atoms with Gasteiger partial charge in [-0.1, -0.05) is 55.3 Å². The maximum absolute atomic E-state index is 6.19. The molecule has 0 aliphatic heterocycles. The van der Waals surface area contributed by atoms with Crippen molar-refractivity contribution in [3.05, 3.63) is 54.4 Å². The van der Waals surface area contributed by atoms with Gasteiger partial charge in [-0.05, 0) is 39.5 Å². The van der Waals surface area contributed by atoms with Crippen molar-refractivity contribution >= 4 is 51.3 Å². The lowest BCUT2D eigenvalue weighted by atomic mass is 10.1. The number of aromatic nitrogens is 2. The molecule has 20 heavy (non-hydrogen) atoms. The Morgan fingerprint density at radius 1 is 1.35 bits per heavy atom. The molecule has 0 radical (unpaired) electrons. The summed E-state index contributed by atoms with van der Waals surface area (Å²) in [7, 11) is 0. The molecule has 0 saturated heterocycles. The zero-order chi connectivity index (χ0) is 14.9. The first-order valence-corrected chi connectivity index (χ1v) is 8.06. The standard InChI is InChI=1S/C14H13BrCl2N2S/c1-7(2)13-12(15)14(20)19-11(18-13)5-8-3-4-9(16)6-10(8)17/h3-4,6-7H,5H2,1-2H3,(H,18,19,20). The number of H-pyrrole nitrogens is 1. The lowest BCUT2D eigenvalue weighted by Gasteiger charge is -2.12. The Balaban J connectivity index is 2.41. The molecule has 1 heterocycles. The van der Waals surface area contributed by atoms with Crippen molar-refractivity contribution in [3.63, 3.8) is 0 Å². The summed E-state index contributed by atoms with van der Waals surface area (Å²) in [4.78, 5) is 7.72. The minimum absolute atomic E-state index is 0.327. The van der Waals surface area contributed by atoms with Gasteiger partial charge in [0.2, 0.25) is 0 Å². The van der Waals surface area contributed by atoms with E-state index in [1.165, 1.54) is 0 Å². The molecule has 2 aromatic rings. The fourth-order valence-electron chi connectivity index (χ4n) is 1.85. The van der Waals surface area contributed by atoms with Crippen LogP contribution >= 0.6 is 51.3 Å². The molecule has 1 N–H and O–H groups in total. The quantitative estimate of drug-likeness (QED) is 0.657. The molecule has 1 aromatic carbocycles. The number of nitrogens with one attached hydrogen (secondary N) is 1. The van der Waals surface area contributed by atoms with E-state index in [1.807, 2.05) is 12.1 Å². The predicted molar refractivity (Wildman–Crippen MR) is 90.5 cm³/mol. The number of aromatic amines is 1. The van der Waals surface area contributed by atoms with Gasteiger partial charge in [-0.15, -0.1) is 0 Å². The van der Waals surface area contributed by atoms with Crippen LogP contribution in [-0.2, 0) is 6.42 Å². The van der Waals surface area contributed by atoms with Gasteiger partial charge in [0, 0.05) is 22.2 Å². The molecule has 106 valence electrons. The van der Waals surface area contributed by atoms with Crippen LogP contribution in [-0.4, -0.2) is 9.97 Å². The lowest BCUT2D eigenvalue weighted by molar-refractivity contribution is 0.780. The van der Waals surface area contributed by atoms with Crippen molar-refractivity contribution in [2.45, 2.75) is 26.2 Å². The monoisotopic (exact) mass is 390 g/mol. The van der Waals surface area contributed by atoms with Gasteiger partial charge in [0.05, 0.1) is 4.47 Å². The number of halogens is 3. The highest BCUT2D eigenvalue weighted by molar-refractivity contribution is 9.10. The van der Waals surface area contributed by atoms with E-state index >= 15 is 0 Å². The third kappa shape index (κ3) is 3.61. The molecular formula is C14H13BrCl2N2S. The zero-order valence-corrected chi connectivity index (χ0v) is 14.9. The van der Waals surface area contributed by atoms with E-state index in [1.54, 1.807) is 6.07 Å². The van der Waals surface area contributed by atoms with Gasteiger partial charge in [0.15, 0.2) is 0 Å². The highest BCUT2D eigenvalue weighted by Crippen LogP contribution is 2.26. The van der Waals surface area contributed by atoms with Crippen LogP contribution in [0, 0.1) is 4.64 Å². The Labute approximate surface area is 141 Å². The first kappa shape index (κ1) is 16.0. The summed E-state index contributed by atoms with van der Waals surface area (Å²) in [5.41, 5.74) is 2.01. The van der Waals surface area contributed by atoms with Gasteiger partial charge in [-0.2, -0.15) is 0 Å². The number of rotatable bonds is 3. The topological polar surface area (TPSA) is 28.7 Å². The molecule has 1 aromatic heterocycles. The normalized spacial score (nSPS) is 11.1. The second kappa shape index (κ2) is 6.56. The van der Waals surface area contributed by atoms with Crippen molar-refractivity contribution < 1.29 is 0 Å². The van der Waals surface area contributed by atoms with Crippen LogP contribution < -0.4 is 0 Å². The first-order valence-electron chi connectivity index (χ1n) is 6.11. The Morgan fingerprint density at radius 2 is 2.05 bits per heavy atom. The van der Waals surface area contributed by atoms with E-state index in [9.17, 15) is 0 Å². The summed E-state index contributed by atoms with van der Waals surface area (Å²) in [5.74, 6) is 1.12. The number of hydrogen-bond donors (Lipinski definition) is 1. The van der Waals surface area contributed by atoms with E-state index in [0.29, 0.717) is 27.0 Å². The van der Waals surface area contributed by atoms with Crippen molar-refractivity contribution in [1.82, 2.24) is 9.97 Å². The summed E-state index contributed by atoms with van der Waals surface area (Å²) in [6, 6.07) is 5.45. The summed E-state index contributed by atoms with van der Waals surface area (Å²) in [6.45, 7) is 4.20. The van der Waals surface area contributed by atoms with Gasteiger partial charge in [-0.3, -0.25) is 0 Å². The third-order valence-electron chi connectivity index (χ3n) is 2.89. The van der Waals surface area contributed by atoms with Crippen LogP contribution in [0.2, 0.25) is 10.0 Å². The molecule has 0 spiro atoms. The van der Waals surface area contributed by atoms with Crippen LogP contribution in [0.4, 0.5) is 0 Å². The van der Waals surface area contributed by atoms with E-state index in [2.05, 4.69) is 39.7 Å². The number of hydrogen-bond acceptors (Lipinski definition) is 2. The van der Waals surface area contributed by atoms with E-state index in [4.69, 9.17) is 35.4 Å². The van der Waals surface area contributed by atoms with Crippen LogP contribution in [0.1, 0.15) is 36.8 Å². The van der Waals surface area contributed by atoms with Crippen molar-refractivity contribution in [2.24, 2.45) is 0 Å². The second-order valence-electron chi connectivity index (χ2n) is 4.78. The smallest absolute Gasteiger partial charge is 0.144 e. The Hall–Kier alpha value is -0.420. The fourth-order valence-corrected chi connectivity index (χ4v) is 3.19. The van der Waals surface area contributed by atoms with Gasteiger partial charge >= 0.3 is 0 Å². The fraction of sp³-hybridized carbons (Fsp3) is 0.286. The van der Waals surface area contributed by atoms with Crippen molar-refractivity contribution in [1.29, 1.82) is 0 Å². The lowest BCUT2D eigenvalue weighted by Crippen LogP contribution is -2.04. The minimum Gasteiger partial charge on any atom is -0.346 e. The van der Waals surface area contributed by atoms with Crippen LogP contribution in [0.3, 0.4) is 0 Å². The third-order valence-corrected chi connectivity index (χ3v) is 4.84.